The van der Waals surface area contributed by atoms with Gasteiger partial charge in [0.15, 0.2) is 0 Å². The highest BCUT2D eigenvalue weighted by Gasteiger charge is 2.01. The van der Waals surface area contributed by atoms with Crippen LogP contribution in [-0.2, 0) is 0 Å². The van der Waals surface area contributed by atoms with E-state index in [1.54, 1.807) is 29.5 Å². The molecule has 0 fully saturated rings. The highest BCUT2D eigenvalue weighted by atomic mass is 32.2. The molecule has 0 saturated heterocycles. The molecule has 0 radical (unpaired) electrons. The Hall–Kier alpha value is -0.450. The summed E-state index contributed by atoms with van der Waals surface area (Å²) >= 11 is 6.65. The molecule has 0 amide bonds. The van der Waals surface area contributed by atoms with Crippen molar-refractivity contribution in [2.24, 2.45) is 0 Å². The molecule has 1 N–H and O–H groups in total. The maximum atomic E-state index is 4.87. The van der Waals surface area contributed by atoms with Gasteiger partial charge in [-0.2, -0.15) is 0 Å². The summed E-state index contributed by atoms with van der Waals surface area (Å²) in [5.74, 6) is 0.962. The molecular formula is C9H12N2S2. The van der Waals surface area contributed by atoms with Crippen LogP contribution in [-0.4, -0.2) is 29.2 Å². The number of nitrogens with zero attached hydrogens (tertiary/aromatic N) is 1. The van der Waals surface area contributed by atoms with Crippen LogP contribution in [0.1, 0.15) is 0 Å². The molecule has 2 nitrogen and oxygen atoms in total. The summed E-state index contributed by atoms with van der Waals surface area (Å²) in [5, 5.41) is 4.88. The average Bonchev–Trinajstić information content (AvgIpc) is 2.21. The van der Waals surface area contributed by atoms with Crippen molar-refractivity contribution < 1.29 is 0 Å². The molecule has 13 heavy (non-hydrogen) atoms. The fourth-order valence-electron chi connectivity index (χ4n) is 0.811. The molecule has 1 aromatic heterocycles. The highest BCUT2D eigenvalue weighted by molar-refractivity contribution is 7.99. The Balaban J connectivity index is 2.38. The van der Waals surface area contributed by atoms with Crippen LogP contribution in [0.25, 0.3) is 0 Å². The van der Waals surface area contributed by atoms with Crippen LogP contribution >= 0.6 is 24.0 Å². The molecule has 0 aliphatic carbocycles. The number of thioether (sulfide) groups is 1. The van der Waals surface area contributed by atoms with Gasteiger partial charge in [0, 0.05) is 29.1 Å². The van der Waals surface area contributed by atoms with Crippen molar-refractivity contribution >= 4 is 29.3 Å². The quantitative estimate of drug-likeness (QED) is 0.594. The molecule has 0 bridgehead atoms. The fraction of sp³-hybridized carbons (Fsp3) is 0.333. The Morgan fingerprint density at radius 2 is 2.31 bits per heavy atom. The second-order valence-corrected chi connectivity index (χ2v) is 3.89. The zero-order valence-corrected chi connectivity index (χ0v) is 9.07. The maximum Gasteiger partial charge on any atom is 0.0446 e. The monoisotopic (exact) mass is 212 g/mol. The Bertz CT molecular complexity index is 251. The molecule has 70 valence electrons. The van der Waals surface area contributed by atoms with Gasteiger partial charge in [0.05, 0.1) is 0 Å². The van der Waals surface area contributed by atoms with Crippen LogP contribution in [0.2, 0.25) is 0 Å². The smallest absolute Gasteiger partial charge is 0.0446 e. The van der Waals surface area contributed by atoms with Crippen molar-refractivity contribution in [1.82, 2.24) is 10.3 Å². The van der Waals surface area contributed by atoms with Crippen molar-refractivity contribution in [3.63, 3.8) is 0 Å². The molecular weight excluding hydrogens is 200 g/mol. The summed E-state index contributed by atoms with van der Waals surface area (Å²) in [6, 6.07) is 4.30. The van der Waals surface area contributed by atoms with E-state index in [0.717, 1.165) is 5.75 Å². The molecule has 0 aliphatic rings. The van der Waals surface area contributed by atoms with Gasteiger partial charge >= 0.3 is 0 Å². The van der Waals surface area contributed by atoms with E-state index in [1.165, 1.54) is 4.90 Å². The number of pyridine rings is 1. The molecule has 0 spiro atoms. The Morgan fingerprint density at radius 3 is 2.85 bits per heavy atom. The van der Waals surface area contributed by atoms with Gasteiger partial charge in [0.1, 0.15) is 0 Å². The summed E-state index contributed by atoms with van der Waals surface area (Å²) in [7, 11) is 1.92. The van der Waals surface area contributed by atoms with E-state index in [1.807, 2.05) is 19.2 Å². The molecule has 0 aromatic carbocycles. The van der Waals surface area contributed by atoms with Gasteiger partial charge in [-0.15, -0.1) is 11.8 Å². The van der Waals surface area contributed by atoms with Crippen molar-refractivity contribution in [1.29, 1.82) is 0 Å². The molecule has 1 rings (SSSR count). The Kier molecular flexibility index (Phi) is 4.97. The summed E-state index contributed by atoms with van der Waals surface area (Å²) in [5.41, 5.74) is 0. The third-order valence-electron chi connectivity index (χ3n) is 1.61. The second-order valence-electron chi connectivity index (χ2n) is 2.53. The summed E-state index contributed by atoms with van der Waals surface area (Å²) in [6.07, 6.45) is 3.60. The zero-order chi connectivity index (χ0) is 9.52. The van der Waals surface area contributed by atoms with Crippen LogP contribution < -0.4 is 5.32 Å². The Morgan fingerprint density at radius 1 is 1.62 bits per heavy atom. The first-order valence-electron chi connectivity index (χ1n) is 4.02. The molecule has 1 aromatic rings. The summed E-state index contributed by atoms with van der Waals surface area (Å²) < 4.78 is 0. The van der Waals surface area contributed by atoms with E-state index in [0.29, 0.717) is 6.04 Å². The molecule has 1 unspecified atom stereocenters. The van der Waals surface area contributed by atoms with Gasteiger partial charge < -0.3 is 5.32 Å². The lowest BCUT2D eigenvalue weighted by molar-refractivity contribution is 0.790. The van der Waals surface area contributed by atoms with Crippen LogP contribution in [0.3, 0.4) is 0 Å². The van der Waals surface area contributed by atoms with Gasteiger partial charge in [0.2, 0.25) is 0 Å². The number of thiocarbonyl (C=S) groups is 1. The first-order valence-corrected chi connectivity index (χ1v) is 5.48. The fourth-order valence-corrected chi connectivity index (χ4v) is 2.11. The number of rotatable bonds is 5. The van der Waals surface area contributed by atoms with Gasteiger partial charge in [-0.3, -0.25) is 4.98 Å². The second kappa shape index (κ2) is 6.07. The molecule has 0 saturated carbocycles. The van der Waals surface area contributed by atoms with Crippen molar-refractivity contribution in [2.45, 2.75) is 10.9 Å². The van der Waals surface area contributed by atoms with Gasteiger partial charge in [-0.05, 0) is 24.5 Å². The zero-order valence-electron chi connectivity index (χ0n) is 7.43. The lowest BCUT2D eigenvalue weighted by Crippen LogP contribution is -2.28. The molecule has 1 heterocycles. The van der Waals surface area contributed by atoms with Crippen molar-refractivity contribution in [2.75, 3.05) is 12.8 Å². The third kappa shape index (κ3) is 3.85. The third-order valence-corrected chi connectivity index (χ3v) is 3.07. The lowest BCUT2D eigenvalue weighted by Gasteiger charge is -2.08. The van der Waals surface area contributed by atoms with E-state index in [2.05, 4.69) is 10.3 Å². The van der Waals surface area contributed by atoms with E-state index < -0.39 is 0 Å². The van der Waals surface area contributed by atoms with Crippen LogP contribution in [0, 0.1) is 0 Å². The Labute approximate surface area is 88.1 Å². The predicted octanol–water partition coefficient (Wildman–Crippen LogP) is 1.76. The maximum absolute atomic E-state index is 4.87. The molecule has 1 atom stereocenters. The average molecular weight is 212 g/mol. The van der Waals surface area contributed by atoms with Crippen molar-refractivity contribution in [3.05, 3.63) is 24.5 Å². The van der Waals surface area contributed by atoms with E-state index in [-0.39, 0.29) is 0 Å². The van der Waals surface area contributed by atoms with Crippen LogP contribution in [0.4, 0.5) is 0 Å². The summed E-state index contributed by atoms with van der Waals surface area (Å²) in [6.45, 7) is 0. The van der Waals surface area contributed by atoms with E-state index in [4.69, 9.17) is 12.2 Å². The van der Waals surface area contributed by atoms with Gasteiger partial charge in [-0.25, -0.2) is 0 Å². The lowest BCUT2D eigenvalue weighted by atomic mass is 10.4. The molecule has 4 heteroatoms. The minimum Gasteiger partial charge on any atom is -0.312 e. The molecule has 0 aliphatic heterocycles. The van der Waals surface area contributed by atoms with E-state index >= 15 is 0 Å². The van der Waals surface area contributed by atoms with Crippen LogP contribution in [0.5, 0.6) is 0 Å². The van der Waals surface area contributed by atoms with Gasteiger partial charge in [-0.1, -0.05) is 12.2 Å². The summed E-state index contributed by atoms with van der Waals surface area (Å²) in [4.78, 5) is 5.18. The highest BCUT2D eigenvalue weighted by Crippen LogP contribution is 2.16. The van der Waals surface area contributed by atoms with E-state index in [9.17, 15) is 0 Å². The largest absolute Gasteiger partial charge is 0.312 e. The number of aromatic nitrogens is 1. The normalized spacial score (nSPS) is 12.4. The SMILES string of the molecule is CNC(C=S)CSc1ccncc1. The number of nitrogens with one attached hydrogen (secondary N) is 1. The van der Waals surface area contributed by atoms with Gasteiger partial charge in [0.25, 0.3) is 0 Å². The van der Waals surface area contributed by atoms with Crippen LogP contribution in [0.15, 0.2) is 29.4 Å². The minimum atomic E-state index is 0.299. The first kappa shape index (κ1) is 10.6. The number of hydrogen-bond donors (Lipinski definition) is 1. The first-order chi connectivity index (χ1) is 6.36. The van der Waals surface area contributed by atoms with Crippen molar-refractivity contribution in [3.8, 4) is 0 Å². The topological polar surface area (TPSA) is 24.9 Å². The minimum absolute atomic E-state index is 0.299. The standard InChI is InChI=1S/C9H12N2S2/c1-10-8(6-12)7-13-9-2-4-11-5-3-9/h2-6,8,10H,7H2,1H3. The predicted molar refractivity (Wildman–Crippen MR) is 61.5 cm³/mol. The number of hydrogen-bond acceptors (Lipinski definition) is 4.